The quantitative estimate of drug-likeness (QED) is 0.347. The molecule has 4 rings (SSSR count). The molecule has 176 valence electrons. The van der Waals surface area contributed by atoms with Gasteiger partial charge in [-0.3, -0.25) is 14.4 Å². The van der Waals surface area contributed by atoms with Crippen LogP contribution in [0.5, 0.6) is 11.5 Å². The van der Waals surface area contributed by atoms with Crippen molar-refractivity contribution in [3.8, 4) is 11.5 Å². The van der Waals surface area contributed by atoms with E-state index >= 15 is 0 Å². The number of rotatable bonds is 9. The number of nitrogens with two attached hydrogens (primary N) is 1. The van der Waals surface area contributed by atoms with E-state index in [1.165, 1.54) is 6.08 Å². The molecule has 0 heterocycles. The number of anilines is 1. The van der Waals surface area contributed by atoms with E-state index < -0.39 is 11.7 Å². The Balaban J connectivity index is 1.25. The van der Waals surface area contributed by atoms with Crippen LogP contribution in [-0.4, -0.2) is 24.1 Å². The Morgan fingerprint density at radius 3 is 2.14 bits per heavy atom. The average molecular weight is 487 g/mol. The first-order valence-corrected chi connectivity index (χ1v) is 11.5. The Morgan fingerprint density at radius 2 is 1.46 bits per heavy atom. The minimum Gasteiger partial charge on any atom is -0.489 e. The number of benzene rings is 3. The summed E-state index contributed by atoms with van der Waals surface area (Å²) in [6.07, 6.45) is 2.34. The SMILES string of the molecule is Nc1ccc(SC2=CC(=O)C(NC(=O)COc3ccc(OCc4ccccc4)cc3)=CC2=O)cc1. The van der Waals surface area contributed by atoms with Crippen molar-refractivity contribution in [1.82, 2.24) is 5.32 Å². The fraction of sp³-hybridized carbons (Fsp3) is 0.0741. The first-order valence-electron chi connectivity index (χ1n) is 10.7. The molecule has 0 saturated heterocycles. The third kappa shape index (κ3) is 6.84. The van der Waals surface area contributed by atoms with Gasteiger partial charge in [0.05, 0.1) is 10.6 Å². The monoisotopic (exact) mass is 486 g/mol. The summed E-state index contributed by atoms with van der Waals surface area (Å²) in [5, 5.41) is 2.44. The van der Waals surface area contributed by atoms with Gasteiger partial charge >= 0.3 is 0 Å². The Bertz CT molecular complexity index is 1280. The third-order valence-corrected chi connectivity index (χ3v) is 5.92. The van der Waals surface area contributed by atoms with Crippen LogP contribution in [-0.2, 0) is 21.0 Å². The van der Waals surface area contributed by atoms with Crippen LogP contribution in [0.15, 0.2) is 107 Å². The molecule has 35 heavy (non-hydrogen) atoms. The molecule has 1 aliphatic rings. The van der Waals surface area contributed by atoms with Crippen LogP contribution in [0, 0.1) is 0 Å². The molecule has 0 fully saturated rings. The van der Waals surface area contributed by atoms with Crippen LogP contribution < -0.4 is 20.5 Å². The van der Waals surface area contributed by atoms with E-state index in [0.717, 1.165) is 28.3 Å². The standard InChI is InChI=1S/C27H22N2O5S/c28-19-6-12-22(13-7-19)35-26-15-24(30)23(14-25(26)31)29-27(32)17-34-21-10-8-20(9-11-21)33-16-18-4-2-1-3-5-18/h1-15H,16-17,28H2,(H,29,32). The Kier molecular flexibility index (Phi) is 7.64. The number of ether oxygens (including phenoxy) is 2. The van der Waals surface area contributed by atoms with Crippen molar-refractivity contribution in [1.29, 1.82) is 0 Å². The minimum atomic E-state index is -0.551. The molecule has 0 saturated carbocycles. The van der Waals surface area contributed by atoms with Gasteiger partial charge in [-0.15, -0.1) is 0 Å². The molecule has 0 aromatic heterocycles. The highest BCUT2D eigenvalue weighted by molar-refractivity contribution is 8.04. The number of carbonyl (C=O) groups is 3. The molecule has 3 N–H and O–H groups in total. The zero-order valence-corrected chi connectivity index (χ0v) is 19.4. The van der Waals surface area contributed by atoms with Gasteiger partial charge in [-0.05, 0) is 54.1 Å². The molecule has 0 atom stereocenters. The highest BCUT2D eigenvalue weighted by Gasteiger charge is 2.22. The Labute approximate surface area is 206 Å². The predicted molar refractivity (Wildman–Crippen MR) is 134 cm³/mol. The topological polar surface area (TPSA) is 108 Å². The van der Waals surface area contributed by atoms with Crippen LogP contribution >= 0.6 is 11.8 Å². The molecule has 7 nitrogen and oxygen atoms in total. The lowest BCUT2D eigenvalue weighted by molar-refractivity contribution is -0.124. The molecular formula is C27H22N2O5S. The normalized spacial score (nSPS) is 13.0. The van der Waals surface area contributed by atoms with Crippen molar-refractivity contribution < 1.29 is 23.9 Å². The van der Waals surface area contributed by atoms with Crippen LogP contribution in [0.2, 0.25) is 0 Å². The third-order valence-electron chi connectivity index (χ3n) is 4.87. The lowest BCUT2D eigenvalue weighted by Crippen LogP contribution is -2.33. The number of thioether (sulfide) groups is 1. The lowest BCUT2D eigenvalue weighted by atomic mass is 10.1. The molecule has 0 unspecified atom stereocenters. The maximum Gasteiger partial charge on any atom is 0.262 e. The van der Waals surface area contributed by atoms with Crippen molar-refractivity contribution in [2.24, 2.45) is 0 Å². The predicted octanol–water partition coefficient (Wildman–Crippen LogP) is 4.05. The highest BCUT2D eigenvalue weighted by Crippen LogP contribution is 2.30. The number of ketones is 2. The summed E-state index contributed by atoms with van der Waals surface area (Å²) < 4.78 is 11.2. The van der Waals surface area contributed by atoms with Crippen molar-refractivity contribution in [3.05, 3.63) is 107 Å². The molecule has 1 aliphatic carbocycles. The van der Waals surface area contributed by atoms with E-state index in [2.05, 4.69) is 5.32 Å². The highest BCUT2D eigenvalue weighted by atomic mass is 32.2. The van der Waals surface area contributed by atoms with Gasteiger partial charge < -0.3 is 20.5 Å². The molecule has 3 aromatic rings. The number of amides is 1. The second-order valence-corrected chi connectivity index (χ2v) is 8.66. The molecule has 0 bridgehead atoms. The summed E-state index contributed by atoms with van der Waals surface area (Å²) in [6.45, 7) is 0.125. The first-order chi connectivity index (χ1) is 17.0. The molecule has 1 amide bonds. The largest absolute Gasteiger partial charge is 0.489 e. The van der Waals surface area contributed by atoms with Gasteiger partial charge in [0.1, 0.15) is 18.1 Å². The summed E-state index contributed by atoms with van der Waals surface area (Å²) in [5.74, 6) is -0.245. The maximum atomic E-state index is 12.4. The fourth-order valence-corrected chi connectivity index (χ4v) is 3.94. The molecule has 3 aromatic carbocycles. The number of hydrogen-bond donors (Lipinski definition) is 2. The number of carbonyl (C=O) groups excluding carboxylic acids is 3. The van der Waals surface area contributed by atoms with E-state index in [1.54, 1.807) is 48.5 Å². The molecule has 0 spiro atoms. The summed E-state index contributed by atoms with van der Waals surface area (Å²) in [4.78, 5) is 38.1. The second kappa shape index (κ2) is 11.2. The van der Waals surface area contributed by atoms with Crippen LogP contribution in [0.1, 0.15) is 5.56 Å². The summed E-state index contributed by atoms with van der Waals surface area (Å²) in [7, 11) is 0. The summed E-state index contributed by atoms with van der Waals surface area (Å²) >= 11 is 1.16. The summed E-state index contributed by atoms with van der Waals surface area (Å²) in [5.41, 5.74) is 7.24. The van der Waals surface area contributed by atoms with Crippen molar-refractivity contribution in [3.63, 3.8) is 0 Å². The van der Waals surface area contributed by atoms with Gasteiger partial charge in [-0.25, -0.2) is 0 Å². The van der Waals surface area contributed by atoms with E-state index in [9.17, 15) is 14.4 Å². The number of nitrogens with one attached hydrogen (secondary N) is 1. The lowest BCUT2D eigenvalue weighted by Gasteiger charge is -2.13. The zero-order valence-electron chi connectivity index (χ0n) is 18.6. The summed E-state index contributed by atoms with van der Waals surface area (Å²) in [6, 6.07) is 23.6. The van der Waals surface area contributed by atoms with Gasteiger partial charge in [0.15, 0.2) is 12.4 Å². The van der Waals surface area contributed by atoms with E-state index in [1.807, 2.05) is 30.3 Å². The van der Waals surface area contributed by atoms with Gasteiger partial charge in [0.25, 0.3) is 5.91 Å². The van der Waals surface area contributed by atoms with Crippen molar-refractivity contribution in [2.45, 2.75) is 11.5 Å². The van der Waals surface area contributed by atoms with Gasteiger partial charge in [0.2, 0.25) is 5.78 Å². The smallest absolute Gasteiger partial charge is 0.262 e. The maximum absolute atomic E-state index is 12.4. The average Bonchev–Trinajstić information content (AvgIpc) is 2.87. The molecule has 8 heteroatoms. The second-order valence-electron chi connectivity index (χ2n) is 7.55. The van der Waals surface area contributed by atoms with Crippen LogP contribution in [0.25, 0.3) is 0 Å². The van der Waals surface area contributed by atoms with Crippen molar-refractivity contribution in [2.75, 3.05) is 12.3 Å². The molecule has 0 radical (unpaired) electrons. The zero-order chi connectivity index (χ0) is 24.6. The first kappa shape index (κ1) is 23.8. The van der Waals surface area contributed by atoms with E-state index in [4.69, 9.17) is 15.2 Å². The van der Waals surface area contributed by atoms with Gasteiger partial charge in [0, 0.05) is 22.7 Å². The number of hydrogen-bond acceptors (Lipinski definition) is 7. The van der Waals surface area contributed by atoms with Crippen molar-refractivity contribution >= 4 is 34.9 Å². The number of nitrogen functional groups attached to an aromatic ring is 1. The molecule has 0 aliphatic heterocycles. The van der Waals surface area contributed by atoms with Crippen LogP contribution in [0.3, 0.4) is 0 Å². The molecular weight excluding hydrogens is 464 g/mol. The van der Waals surface area contributed by atoms with E-state index in [-0.39, 0.29) is 23.0 Å². The van der Waals surface area contributed by atoms with E-state index in [0.29, 0.717) is 23.8 Å². The minimum absolute atomic E-state index is 0.0880. The Hall–Kier alpha value is -4.30. The van der Waals surface area contributed by atoms with Crippen LogP contribution in [0.4, 0.5) is 5.69 Å². The van der Waals surface area contributed by atoms with Gasteiger partial charge in [-0.1, -0.05) is 42.1 Å². The Morgan fingerprint density at radius 1 is 0.800 bits per heavy atom. The number of allylic oxidation sites excluding steroid dienone is 3. The van der Waals surface area contributed by atoms with Gasteiger partial charge in [-0.2, -0.15) is 0 Å². The fourth-order valence-electron chi connectivity index (χ4n) is 3.09.